The first-order valence-corrected chi connectivity index (χ1v) is 9.51. The first-order chi connectivity index (χ1) is 13.2. The highest BCUT2D eigenvalue weighted by Crippen LogP contribution is 2.46. The predicted octanol–water partition coefficient (Wildman–Crippen LogP) is 4.68. The van der Waals surface area contributed by atoms with Crippen LogP contribution in [-0.4, -0.2) is 24.8 Å². The number of nitrogens with zero attached hydrogens (tertiary/aromatic N) is 1. The molecule has 4 heteroatoms. The molecule has 1 aromatic heterocycles. The van der Waals surface area contributed by atoms with Crippen molar-refractivity contribution in [1.29, 1.82) is 0 Å². The van der Waals surface area contributed by atoms with Crippen LogP contribution < -0.4 is 4.74 Å². The molecule has 27 heavy (non-hydrogen) atoms. The van der Waals surface area contributed by atoms with E-state index < -0.39 is 0 Å². The third-order valence-corrected chi connectivity index (χ3v) is 5.67. The van der Waals surface area contributed by atoms with Gasteiger partial charge in [0, 0.05) is 24.0 Å². The molecule has 0 spiro atoms. The first-order valence-electron chi connectivity index (χ1n) is 9.51. The molecule has 0 aliphatic heterocycles. The fourth-order valence-electron chi connectivity index (χ4n) is 4.41. The van der Waals surface area contributed by atoms with Crippen LogP contribution in [0.15, 0.2) is 48.5 Å². The summed E-state index contributed by atoms with van der Waals surface area (Å²) in [5.74, 6) is 1.15. The Kier molecular flexibility index (Phi) is 4.88. The molecule has 3 aromatic rings. The number of hydrogen-bond donors (Lipinski definition) is 0. The van der Waals surface area contributed by atoms with Crippen molar-refractivity contribution >= 4 is 16.9 Å². The van der Waals surface area contributed by atoms with Gasteiger partial charge in [-0.25, -0.2) is 0 Å². The van der Waals surface area contributed by atoms with Gasteiger partial charge in [-0.05, 0) is 48.4 Å². The number of benzene rings is 2. The van der Waals surface area contributed by atoms with E-state index in [0.29, 0.717) is 12.3 Å². The van der Waals surface area contributed by atoms with Crippen LogP contribution in [0.5, 0.6) is 5.75 Å². The predicted molar refractivity (Wildman–Crippen MR) is 106 cm³/mol. The summed E-state index contributed by atoms with van der Waals surface area (Å²) in [6.07, 6.45) is 3.39. The summed E-state index contributed by atoms with van der Waals surface area (Å²) >= 11 is 0. The van der Waals surface area contributed by atoms with Crippen molar-refractivity contribution in [2.24, 2.45) is 0 Å². The average Bonchev–Trinajstić information content (AvgIpc) is 3.26. The molecule has 0 N–H and O–H groups in total. The third-order valence-electron chi connectivity index (χ3n) is 5.67. The van der Waals surface area contributed by atoms with Crippen molar-refractivity contribution in [3.05, 3.63) is 65.4 Å². The van der Waals surface area contributed by atoms with Crippen LogP contribution >= 0.6 is 0 Å². The van der Waals surface area contributed by atoms with Crippen LogP contribution in [0.2, 0.25) is 0 Å². The Balaban J connectivity index is 1.80. The summed E-state index contributed by atoms with van der Waals surface area (Å²) in [6, 6.07) is 16.8. The smallest absolute Gasteiger partial charge is 0.305 e. The van der Waals surface area contributed by atoms with Crippen molar-refractivity contribution in [3.8, 4) is 5.75 Å². The van der Waals surface area contributed by atoms with E-state index in [2.05, 4.69) is 41.0 Å². The van der Waals surface area contributed by atoms with E-state index in [-0.39, 0.29) is 5.97 Å². The molecule has 0 amide bonds. The monoisotopic (exact) mass is 363 g/mol. The van der Waals surface area contributed by atoms with Gasteiger partial charge in [0.15, 0.2) is 0 Å². The summed E-state index contributed by atoms with van der Waals surface area (Å²) in [5.41, 5.74) is 5.25. The standard InChI is InChI=1S/C23H25NO3/c1-26-20-10-6-9-18-23(20)22-17(12-14-21(25)27-2)11-13-19(22)24(18)15-16-7-4-3-5-8-16/h3-10,17H,11-15H2,1-2H3. The first kappa shape index (κ1) is 17.7. The number of methoxy groups -OCH3 is 2. The normalized spacial score (nSPS) is 15.7. The summed E-state index contributed by atoms with van der Waals surface area (Å²) in [5, 5.41) is 1.21. The van der Waals surface area contributed by atoms with Crippen molar-refractivity contribution in [2.45, 2.75) is 38.1 Å². The van der Waals surface area contributed by atoms with Crippen LogP contribution in [0.4, 0.5) is 0 Å². The number of ether oxygens (including phenoxy) is 2. The second-order valence-corrected chi connectivity index (χ2v) is 7.14. The molecule has 1 aliphatic carbocycles. The molecule has 1 atom stereocenters. The number of carbonyl (C=O) groups excluding carboxylic acids is 1. The molecule has 4 rings (SSSR count). The number of esters is 1. The maximum Gasteiger partial charge on any atom is 0.305 e. The molecule has 0 saturated heterocycles. The van der Waals surface area contributed by atoms with Crippen molar-refractivity contribution in [3.63, 3.8) is 0 Å². The van der Waals surface area contributed by atoms with Crippen LogP contribution in [0.25, 0.3) is 10.9 Å². The summed E-state index contributed by atoms with van der Waals surface area (Å²) in [6.45, 7) is 0.851. The third kappa shape index (κ3) is 3.20. The second-order valence-electron chi connectivity index (χ2n) is 7.14. The number of fused-ring (bicyclic) bond motifs is 3. The van der Waals surface area contributed by atoms with Gasteiger partial charge >= 0.3 is 5.97 Å². The zero-order valence-electron chi connectivity index (χ0n) is 15.9. The minimum Gasteiger partial charge on any atom is -0.496 e. The van der Waals surface area contributed by atoms with Gasteiger partial charge in [0.1, 0.15) is 5.75 Å². The van der Waals surface area contributed by atoms with Gasteiger partial charge in [-0.3, -0.25) is 4.79 Å². The molecular weight excluding hydrogens is 338 g/mol. The van der Waals surface area contributed by atoms with Crippen LogP contribution in [0, 0.1) is 0 Å². The van der Waals surface area contributed by atoms with Gasteiger partial charge in [0.2, 0.25) is 0 Å². The molecule has 1 aliphatic rings. The van der Waals surface area contributed by atoms with Crippen molar-refractivity contribution in [1.82, 2.24) is 4.57 Å². The molecule has 1 heterocycles. The Morgan fingerprint density at radius 2 is 1.93 bits per heavy atom. The molecule has 0 fully saturated rings. The van der Waals surface area contributed by atoms with Crippen LogP contribution in [0.1, 0.15) is 42.0 Å². The van der Waals surface area contributed by atoms with E-state index in [1.165, 1.54) is 34.8 Å². The number of carbonyl (C=O) groups is 1. The lowest BCUT2D eigenvalue weighted by molar-refractivity contribution is -0.140. The molecule has 1 unspecified atom stereocenters. The lowest BCUT2D eigenvalue weighted by Gasteiger charge is -2.12. The molecule has 4 nitrogen and oxygen atoms in total. The number of rotatable bonds is 6. The largest absolute Gasteiger partial charge is 0.496 e. The minimum absolute atomic E-state index is 0.136. The van der Waals surface area contributed by atoms with Crippen molar-refractivity contribution < 1.29 is 14.3 Å². The molecule has 0 saturated carbocycles. The average molecular weight is 363 g/mol. The van der Waals surface area contributed by atoms with E-state index in [1.54, 1.807) is 7.11 Å². The molecule has 2 aromatic carbocycles. The Bertz CT molecular complexity index is 959. The summed E-state index contributed by atoms with van der Waals surface area (Å²) in [4.78, 5) is 11.7. The lowest BCUT2D eigenvalue weighted by Crippen LogP contribution is -2.03. The highest BCUT2D eigenvalue weighted by Gasteiger charge is 2.31. The van der Waals surface area contributed by atoms with Gasteiger partial charge in [0.25, 0.3) is 0 Å². The minimum atomic E-state index is -0.136. The van der Waals surface area contributed by atoms with E-state index in [4.69, 9.17) is 9.47 Å². The molecular formula is C23H25NO3. The molecule has 140 valence electrons. The van der Waals surface area contributed by atoms with Gasteiger partial charge in [-0.15, -0.1) is 0 Å². The number of aromatic nitrogens is 1. The highest BCUT2D eigenvalue weighted by molar-refractivity contribution is 5.92. The Morgan fingerprint density at radius 3 is 2.67 bits per heavy atom. The van der Waals surface area contributed by atoms with E-state index in [0.717, 1.165) is 31.6 Å². The maximum atomic E-state index is 11.7. The Hall–Kier alpha value is -2.75. The zero-order chi connectivity index (χ0) is 18.8. The molecule has 0 bridgehead atoms. The van der Waals surface area contributed by atoms with Gasteiger partial charge in [-0.2, -0.15) is 0 Å². The zero-order valence-corrected chi connectivity index (χ0v) is 15.9. The Morgan fingerprint density at radius 1 is 1.11 bits per heavy atom. The number of hydrogen-bond acceptors (Lipinski definition) is 3. The highest BCUT2D eigenvalue weighted by atomic mass is 16.5. The van der Waals surface area contributed by atoms with Crippen LogP contribution in [-0.2, 0) is 22.5 Å². The lowest BCUT2D eigenvalue weighted by atomic mass is 9.95. The van der Waals surface area contributed by atoms with E-state index in [9.17, 15) is 4.79 Å². The van der Waals surface area contributed by atoms with E-state index >= 15 is 0 Å². The van der Waals surface area contributed by atoms with Gasteiger partial charge in [0.05, 0.1) is 19.7 Å². The van der Waals surface area contributed by atoms with E-state index in [1.807, 2.05) is 12.1 Å². The maximum absolute atomic E-state index is 11.7. The Labute approximate surface area is 159 Å². The topological polar surface area (TPSA) is 40.5 Å². The fraction of sp³-hybridized carbons (Fsp3) is 0.348. The SMILES string of the molecule is COC(=O)CCC1CCc2c1c1c(OC)cccc1n2Cc1ccccc1. The second kappa shape index (κ2) is 7.47. The molecule has 0 radical (unpaired) electrons. The van der Waals surface area contributed by atoms with Crippen molar-refractivity contribution in [2.75, 3.05) is 14.2 Å². The van der Waals surface area contributed by atoms with Crippen LogP contribution in [0.3, 0.4) is 0 Å². The van der Waals surface area contributed by atoms with Gasteiger partial charge < -0.3 is 14.0 Å². The quantitative estimate of drug-likeness (QED) is 0.597. The van der Waals surface area contributed by atoms with Gasteiger partial charge in [-0.1, -0.05) is 36.4 Å². The summed E-state index contributed by atoms with van der Waals surface area (Å²) < 4.78 is 13.0. The summed E-state index contributed by atoms with van der Waals surface area (Å²) in [7, 11) is 3.19. The fourth-order valence-corrected chi connectivity index (χ4v) is 4.41.